The van der Waals surface area contributed by atoms with E-state index in [1.807, 2.05) is 18.7 Å². The van der Waals surface area contributed by atoms with E-state index in [0.717, 1.165) is 10.3 Å². The van der Waals surface area contributed by atoms with Crippen molar-refractivity contribution in [3.8, 4) is 0 Å². The number of piperazine rings is 1. The van der Waals surface area contributed by atoms with Gasteiger partial charge in [-0.1, -0.05) is 13.2 Å². The minimum atomic E-state index is -0.602. The number of rotatable bonds is 3. The molecule has 1 N–H and O–H groups in total. The van der Waals surface area contributed by atoms with Crippen molar-refractivity contribution in [1.82, 2.24) is 15.1 Å². The molecule has 6 nitrogen and oxygen atoms in total. The molecule has 0 aromatic rings. The Morgan fingerprint density at radius 1 is 1.35 bits per heavy atom. The molecular formula is C16H26BrN3O3. The maximum Gasteiger partial charge on any atom is 0.408 e. The van der Waals surface area contributed by atoms with Gasteiger partial charge in [-0.15, -0.1) is 0 Å². The van der Waals surface area contributed by atoms with Gasteiger partial charge in [0.25, 0.3) is 0 Å². The molecule has 1 rings (SSSR count). The molecule has 23 heavy (non-hydrogen) atoms. The predicted octanol–water partition coefficient (Wildman–Crippen LogP) is 2.81. The van der Waals surface area contributed by atoms with Crippen LogP contribution in [0.5, 0.6) is 0 Å². The number of halogens is 1. The van der Waals surface area contributed by atoms with Crippen molar-refractivity contribution in [2.45, 2.75) is 45.8 Å². The molecule has 0 aliphatic carbocycles. The highest BCUT2D eigenvalue weighted by molar-refractivity contribution is 9.11. The third-order valence-corrected chi connectivity index (χ3v) is 4.06. The second-order valence-corrected chi connectivity index (χ2v) is 7.85. The summed E-state index contributed by atoms with van der Waals surface area (Å²) in [5, 5.41) is 2.50. The monoisotopic (exact) mass is 387 g/mol. The highest BCUT2D eigenvalue weighted by Gasteiger charge is 2.40. The average Bonchev–Trinajstić information content (AvgIpc) is 2.36. The molecule has 1 heterocycles. The molecular weight excluding hydrogens is 362 g/mol. The SMILES string of the molecule is C=C(Br)N1CCN(C(=O)CNC(=O)OC(C)(C)C)C(C)(C)C1=C. The molecule has 0 atom stereocenters. The van der Waals surface area contributed by atoms with Crippen molar-refractivity contribution in [2.24, 2.45) is 0 Å². The third-order valence-electron chi connectivity index (χ3n) is 3.63. The smallest absolute Gasteiger partial charge is 0.408 e. The molecule has 2 amide bonds. The third kappa shape index (κ3) is 4.99. The van der Waals surface area contributed by atoms with Crippen LogP contribution in [0, 0.1) is 0 Å². The molecule has 0 unspecified atom stereocenters. The van der Waals surface area contributed by atoms with E-state index < -0.39 is 17.2 Å². The second kappa shape index (κ2) is 6.95. The molecule has 1 aliphatic heterocycles. The van der Waals surface area contributed by atoms with Crippen molar-refractivity contribution in [2.75, 3.05) is 19.6 Å². The molecule has 0 aromatic heterocycles. The average molecular weight is 388 g/mol. The normalized spacial score (nSPS) is 17.7. The van der Waals surface area contributed by atoms with Crippen molar-refractivity contribution in [3.63, 3.8) is 0 Å². The number of nitrogens with zero attached hydrogens (tertiary/aromatic N) is 2. The lowest BCUT2D eigenvalue weighted by atomic mass is 9.94. The Kier molecular flexibility index (Phi) is 5.90. The van der Waals surface area contributed by atoms with Crippen LogP contribution in [-0.4, -0.2) is 52.6 Å². The van der Waals surface area contributed by atoms with Gasteiger partial charge in [0.2, 0.25) is 5.91 Å². The number of carbonyl (C=O) groups is 2. The van der Waals surface area contributed by atoms with E-state index in [0.29, 0.717) is 13.1 Å². The van der Waals surface area contributed by atoms with Crippen LogP contribution in [0.15, 0.2) is 23.5 Å². The van der Waals surface area contributed by atoms with Crippen LogP contribution in [0.1, 0.15) is 34.6 Å². The Labute approximate surface area is 146 Å². The van der Waals surface area contributed by atoms with Gasteiger partial charge in [-0.3, -0.25) is 4.79 Å². The van der Waals surface area contributed by atoms with E-state index >= 15 is 0 Å². The van der Waals surface area contributed by atoms with E-state index in [1.165, 1.54) is 0 Å². The highest BCUT2D eigenvalue weighted by atomic mass is 79.9. The van der Waals surface area contributed by atoms with Crippen LogP contribution >= 0.6 is 15.9 Å². The summed E-state index contributed by atoms with van der Waals surface area (Å²) >= 11 is 3.36. The fourth-order valence-electron chi connectivity index (χ4n) is 2.36. The zero-order valence-electron chi connectivity index (χ0n) is 14.5. The summed E-state index contributed by atoms with van der Waals surface area (Å²) in [4.78, 5) is 27.8. The first-order valence-corrected chi connectivity index (χ1v) is 8.24. The zero-order chi connectivity index (χ0) is 18.0. The molecule has 7 heteroatoms. The Bertz CT molecular complexity index is 523. The molecule has 0 spiro atoms. The van der Waals surface area contributed by atoms with Crippen LogP contribution in [0.4, 0.5) is 4.79 Å². The van der Waals surface area contributed by atoms with Gasteiger partial charge in [-0.25, -0.2) is 4.79 Å². The van der Waals surface area contributed by atoms with Gasteiger partial charge in [0.05, 0.1) is 10.1 Å². The Balaban J connectivity index is 2.69. The minimum absolute atomic E-state index is 0.110. The number of hydrogen-bond acceptors (Lipinski definition) is 4. The Morgan fingerprint density at radius 2 is 1.91 bits per heavy atom. The number of carbonyl (C=O) groups excluding carboxylic acids is 2. The molecule has 1 aliphatic rings. The maximum absolute atomic E-state index is 12.5. The number of alkyl carbamates (subject to hydrolysis) is 1. The van der Waals surface area contributed by atoms with Gasteiger partial charge in [0.15, 0.2) is 0 Å². The molecule has 130 valence electrons. The first kappa shape index (κ1) is 19.5. The van der Waals surface area contributed by atoms with Crippen molar-refractivity contribution < 1.29 is 14.3 Å². The van der Waals surface area contributed by atoms with Crippen molar-refractivity contribution in [1.29, 1.82) is 0 Å². The number of nitrogens with one attached hydrogen (secondary N) is 1. The first-order valence-electron chi connectivity index (χ1n) is 7.45. The van der Waals surface area contributed by atoms with Gasteiger partial charge >= 0.3 is 6.09 Å². The van der Waals surface area contributed by atoms with Gasteiger partial charge in [0, 0.05) is 18.8 Å². The van der Waals surface area contributed by atoms with E-state index in [2.05, 4.69) is 34.4 Å². The van der Waals surface area contributed by atoms with Gasteiger partial charge in [0.1, 0.15) is 12.1 Å². The standard InChI is InChI=1S/C16H26BrN3O3/c1-11-16(6,7)20(9-8-19(11)12(2)17)13(21)10-18-14(22)23-15(3,4)5/h1-2,8-10H2,3-7H3,(H,18,22). The quantitative estimate of drug-likeness (QED) is 0.756. The predicted molar refractivity (Wildman–Crippen MR) is 93.9 cm³/mol. The molecule has 1 fully saturated rings. The van der Waals surface area contributed by atoms with Crippen LogP contribution < -0.4 is 5.32 Å². The van der Waals surface area contributed by atoms with Crippen LogP contribution in [0.25, 0.3) is 0 Å². The fourth-order valence-corrected chi connectivity index (χ4v) is 2.75. The maximum atomic E-state index is 12.5. The van der Waals surface area contributed by atoms with Crippen molar-refractivity contribution in [3.05, 3.63) is 23.5 Å². The lowest BCUT2D eigenvalue weighted by molar-refractivity contribution is -0.136. The first-order chi connectivity index (χ1) is 10.4. The summed E-state index contributed by atoms with van der Waals surface area (Å²) in [6, 6.07) is 0. The topological polar surface area (TPSA) is 61.9 Å². The lowest BCUT2D eigenvalue weighted by Crippen LogP contribution is -2.60. The summed E-state index contributed by atoms with van der Waals surface area (Å²) < 4.78 is 5.85. The van der Waals surface area contributed by atoms with Gasteiger partial charge in [-0.05, 0) is 50.5 Å². The largest absolute Gasteiger partial charge is 0.444 e. The number of ether oxygens (including phenoxy) is 1. The van der Waals surface area contributed by atoms with E-state index in [4.69, 9.17) is 4.74 Å². The van der Waals surface area contributed by atoms with Crippen molar-refractivity contribution >= 4 is 27.9 Å². The fraction of sp³-hybridized carbons (Fsp3) is 0.625. The molecule has 1 saturated heterocycles. The second-order valence-electron chi connectivity index (χ2n) is 6.93. The van der Waals surface area contributed by atoms with E-state index in [9.17, 15) is 9.59 Å². The molecule has 0 saturated carbocycles. The molecule has 0 radical (unpaired) electrons. The summed E-state index contributed by atoms with van der Waals surface area (Å²) in [6.07, 6.45) is -0.602. The highest BCUT2D eigenvalue weighted by Crippen LogP contribution is 2.33. The number of hydrogen-bond donors (Lipinski definition) is 1. The Morgan fingerprint density at radius 3 is 2.39 bits per heavy atom. The van der Waals surface area contributed by atoms with Crippen LogP contribution in [0.3, 0.4) is 0 Å². The molecule has 0 aromatic carbocycles. The zero-order valence-corrected chi connectivity index (χ0v) is 16.1. The summed E-state index contributed by atoms with van der Waals surface area (Å²) in [7, 11) is 0. The van der Waals surface area contributed by atoms with E-state index in [1.54, 1.807) is 25.7 Å². The summed E-state index contributed by atoms with van der Waals surface area (Å²) in [5.41, 5.74) is -0.388. The van der Waals surface area contributed by atoms with E-state index in [-0.39, 0.29) is 12.5 Å². The lowest BCUT2D eigenvalue weighted by Gasteiger charge is -2.49. The van der Waals surface area contributed by atoms with Gasteiger partial charge in [-0.2, -0.15) is 0 Å². The minimum Gasteiger partial charge on any atom is -0.444 e. The van der Waals surface area contributed by atoms with Crippen LogP contribution in [0.2, 0.25) is 0 Å². The molecule has 0 bridgehead atoms. The van der Waals surface area contributed by atoms with Crippen LogP contribution in [-0.2, 0) is 9.53 Å². The van der Waals surface area contributed by atoms with Gasteiger partial charge < -0.3 is 19.9 Å². The Hall–Kier alpha value is -1.50. The number of amides is 2. The summed E-state index contributed by atoms with van der Waals surface area (Å²) in [6.45, 7) is 18.1. The summed E-state index contributed by atoms with van der Waals surface area (Å²) in [5.74, 6) is -0.179.